The van der Waals surface area contributed by atoms with Gasteiger partial charge < -0.3 is 15.0 Å². The number of benzene rings is 1. The van der Waals surface area contributed by atoms with E-state index in [9.17, 15) is 23.2 Å². The standard InChI is InChI=1S/C23H34N4O6S2.ClH/c1-6-7-14-33-17-8-10-19(11-9-17)35(31,32)27-16-18(15-20(28)24-12-13-26(4)5)34-23(2,3)21(27)22(29)25-30;/h8-11,18,21,30H,12-16H2,1-5H3,(H,24,28)(H,25,29);1H/t18-,21-;/m0./s1. The molecule has 0 saturated carbocycles. The van der Waals surface area contributed by atoms with E-state index in [1.807, 2.05) is 19.0 Å². The van der Waals surface area contributed by atoms with Gasteiger partial charge in [-0.3, -0.25) is 14.8 Å². The van der Waals surface area contributed by atoms with Crippen molar-refractivity contribution in [3.8, 4) is 17.6 Å². The molecule has 1 aliphatic rings. The Bertz CT molecular complexity index is 1050. The van der Waals surface area contributed by atoms with Crippen molar-refractivity contribution < 1.29 is 28.0 Å². The van der Waals surface area contributed by atoms with Crippen LogP contribution in [-0.4, -0.2) is 91.0 Å². The van der Waals surface area contributed by atoms with Crippen LogP contribution in [0.3, 0.4) is 0 Å². The van der Waals surface area contributed by atoms with Crippen LogP contribution in [0.25, 0.3) is 0 Å². The van der Waals surface area contributed by atoms with E-state index in [-0.39, 0.29) is 42.8 Å². The number of rotatable bonds is 10. The smallest absolute Gasteiger partial charge is 0.263 e. The van der Waals surface area contributed by atoms with E-state index in [0.717, 1.165) is 4.31 Å². The Balaban J connectivity index is 0.00000648. The number of halogens is 1. The zero-order valence-electron chi connectivity index (χ0n) is 21.1. The monoisotopic (exact) mass is 562 g/mol. The van der Waals surface area contributed by atoms with Gasteiger partial charge in [0.05, 0.1) is 4.90 Å². The van der Waals surface area contributed by atoms with Crippen LogP contribution in [0, 0.1) is 11.8 Å². The van der Waals surface area contributed by atoms with Crippen LogP contribution in [-0.2, 0) is 19.6 Å². The van der Waals surface area contributed by atoms with Crippen LogP contribution in [0.4, 0.5) is 0 Å². The molecular formula is C23H35ClN4O6S2. The fourth-order valence-electron chi connectivity index (χ4n) is 3.77. The lowest BCUT2D eigenvalue weighted by Gasteiger charge is -2.46. The lowest BCUT2D eigenvalue weighted by molar-refractivity contribution is -0.134. The molecule has 13 heteroatoms. The molecule has 3 N–H and O–H groups in total. The maximum atomic E-state index is 13.6. The number of carbonyl (C=O) groups is 2. The lowest BCUT2D eigenvalue weighted by atomic mass is 10.0. The maximum absolute atomic E-state index is 13.6. The highest BCUT2D eigenvalue weighted by Crippen LogP contribution is 2.43. The molecule has 1 aromatic rings. The van der Waals surface area contributed by atoms with Crippen molar-refractivity contribution in [3.63, 3.8) is 0 Å². The predicted molar refractivity (Wildman–Crippen MR) is 142 cm³/mol. The van der Waals surface area contributed by atoms with Gasteiger partial charge in [-0.2, -0.15) is 4.31 Å². The molecule has 2 amide bonds. The first-order valence-electron chi connectivity index (χ1n) is 11.1. The quantitative estimate of drug-likeness (QED) is 0.221. The van der Waals surface area contributed by atoms with Crippen molar-refractivity contribution in [1.82, 2.24) is 20.0 Å². The summed E-state index contributed by atoms with van der Waals surface area (Å²) in [4.78, 5) is 27.0. The number of amides is 2. The summed E-state index contributed by atoms with van der Waals surface area (Å²) in [6.07, 6.45) is 0.0895. The molecule has 36 heavy (non-hydrogen) atoms. The summed E-state index contributed by atoms with van der Waals surface area (Å²) in [5.41, 5.74) is 1.60. The summed E-state index contributed by atoms with van der Waals surface area (Å²) in [6.45, 7) is 6.40. The number of thioether (sulfide) groups is 1. The number of likely N-dealkylation sites (N-methyl/N-ethyl adjacent to an activating group) is 1. The molecule has 0 unspecified atom stereocenters. The number of sulfonamides is 1. The van der Waals surface area contributed by atoms with Crippen LogP contribution >= 0.6 is 24.2 Å². The highest BCUT2D eigenvalue weighted by atomic mass is 35.5. The fraction of sp³-hybridized carbons (Fsp3) is 0.565. The second-order valence-corrected chi connectivity index (χ2v) is 12.7. The van der Waals surface area contributed by atoms with Crippen molar-refractivity contribution >= 4 is 46.0 Å². The highest BCUT2D eigenvalue weighted by Gasteiger charge is 2.51. The molecule has 2 atom stereocenters. The first-order valence-corrected chi connectivity index (χ1v) is 13.4. The predicted octanol–water partition coefficient (Wildman–Crippen LogP) is 1.34. The van der Waals surface area contributed by atoms with Crippen LogP contribution in [0.5, 0.6) is 5.75 Å². The molecular weight excluding hydrogens is 528 g/mol. The minimum atomic E-state index is -4.15. The number of ether oxygens (including phenoxy) is 1. The Kier molecular flexibility index (Phi) is 12.5. The van der Waals surface area contributed by atoms with E-state index in [2.05, 4.69) is 17.2 Å². The molecule has 1 fully saturated rings. The molecule has 0 bridgehead atoms. The van der Waals surface area contributed by atoms with Crippen molar-refractivity contribution in [2.24, 2.45) is 0 Å². The molecule has 202 valence electrons. The SMILES string of the molecule is CC#CCOc1ccc(S(=O)(=O)N2C[C@H](CC(=O)NCCN(C)C)SC(C)(C)[C@@H]2C(=O)NO)cc1.Cl. The van der Waals surface area contributed by atoms with Gasteiger partial charge in [-0.1, -0.05) is 5.92 Å². The van der Waals surface area contributed by atoms with Crippen molar-refractivity contribution in [2.45, 2.75) is 48.1 Å². The largest absolute Gasteiger partial charge is 0.481 e. The lowest BCUT2D eigenvalue weighted by Crippen LogP contribution is -2.63. The molecule has 2 rings (SSSR count). The third-order valence-electron chi connectivity index (χ3n) is 5.37. The Labute approximate surface area is 223 Å². The molecule has 0 radical (unpaired) electrons. The van der Waals surface area contributed by atoms with Crippen molar-refractivity contribution in [3.05, 3.63) is 24.3 Å². The van der Waals surface area contributed by atoms with Gasteiger partial charge in [0.15, 0.2) is 0 Å². The Hall–Kier alpha value is -2.01. The van der Waals surface area contributed by atoms with Crippen LogP contribution in [0.2, 0.25) is 0 Å². The van der Waals surface area contributed by atoms with E-state index < -0.39 is 32.0 Å². The average molecular weight is 563 g/mol. The topological polar surface area (TPSA) is 128 Å². The molecule has 1 heterocycles. The fourth-order valence-corrected chi connectivity index (χ4v) is 7.38. The zero-order chi connectivity index (χ0) is 26.2. The van der Waals surface area contributed by atoms with E-state index in [4.69, 9.17) is 4.74 Å². The molecule has 1 aliphatic heterocycles. The van der Waals surface area contributed by atoms with E-state index in [1.54, 1.807) is 26.3 Å². The maximum Gasteiger partial charge on any atom is 0.263 e. The minimum absolute atomic E-state index is 0. The third kappa shape index (κ3) is 8.54. The van der Waals surface area contributed by atoms with Gasteiger partial charge in [0.1, 0.15) is 18.4 Å². The molecule has 1 aromatic carbocycles. The van der Waals surface area contributed by atoms with Gasteiger partial charge in [0.2, 0.25) is 15.9 Å². The van der Waals surface area contributed by atoms with E-state index in [0.29, 0.717) is 18.8 Å². The molecule has 0 spiro atoms. The van der Waals surface area contributed by atoms with Gasteiger partial charge in [-0.05, 0) is 59.1 Å². The van der Waals surface area contributed by atoms with Crippen LogP contribution < -0.4 is 15.5 Å². The van der Waals surface area contributed by atoms with E-state index in [1.165, 1.54) is 36.0 Å². The third-order valence-corrected chi connectivity index (χ3v) is 8.70. The summed E-state index contributed by atoms with van der Waals surface area (Å²) in [5.74, 6) is 4.90. The second kappa shape index (κ2) is 14.1. The normalized spacial score (nSPS) is 19.4. The summed E-state index contributed by atoms with van der Waals surface area (Å²) in [6, 6.07) is 4.65. The first-order chi connectivity index (χ1) is 16.4. The summed E-state index contributed by atoms with van der Waals surface area (Å²) >= 11 is 1.36. The Morgan fingerprint density at radius 1 is 1.28 bits per heavy atom. The van der Waals surface area contributed by atoms with Gasteiger partial charge in [-0.25, -0.2) is 13.9 Å². The summed E-state index contributed by atoms with van der Waals surface area (Å²) in [5, 5.41) is 11.8. The zero-order valence-corrected chi connectivity index (χ0v) is 23.6. The summed E-state index contributed by atoms with van der Waals surface area (Å²) in [7, 11) is -0.347. The molecule has 0 aromatic heterocycles. The van der Waals surface area contributed by atoms with Gasteiger partial charge >= 0.3 is 0 Å². The average Bonchev–Trinajstić information content (AvgIpc) is 2.78. The number of hydroxylamine groups is 1. The molecule has 0 aliphatic carbocycles. The molecule has 10 nitrogen and oxygen atoms in total. The number of carbonyl (C=O) groups excluding carboxylic acids is 2. The summed E-state index contributed by atoms with van der Waals surface area (Å²) < 4.78 is 32.9. The van der Waals surface area contributed by atoms with E-state index >= 15 is 0 Å². The van der Waals surface area contributed by atoms with Crippen molar-refractivity contribution in [2.75, 3.05) is 40.3 Å². The number of nitrogens with zero attached hydrogens (tertiary/aromatic N) is 2. The van der Waals surface area contributed by atoms with Crippen LogP contribution in [0.1, 0.15) is 27.2 Å². The molecule has 1 saturated heterocycles. The highest BCUT2D eigenvalue weighted by molar-refractivity contribution is 8.01. The Morgan fingerprint density at radius 3 is 2.47 bits per heavy atom. The van der Waals surface area contributed by atoms with Crippen LogP contribution in [0.15, 0.2) is 29.2 Å². The van der Waals surface area contributed by atoms with Gasteiger partial charge in [-0.15, -0.1) is 30.1 Å². The van der Waals surface area contributed by atoms with Gasteiger partial charge in [0.25, 0.3) is 5.91 Å². The van der Waals surface area contributed by atoms with Gasteiger partial charge in [0, 0.05) is 36.1 Å². The first kappa shape index (κ1) is 32.0. The van der Waals surface area contributed by atoms with Crippen molar-refractivity contribution in [1.29, 1.82) is 0 Å². The number of nitrogens with one attached hydrogen (secondary N) is 2. The number of hydrogen-bond donors (Lipinski definition) is 3. The minimum Gasteiger partial charge on any atom is -0.481 e. The number of hydrogen-bond acceptors (Lipinski definition) is 8. The Morgan fingerprint density at radius 2 is 1.92 bits per heavy atom. The second-order valence-electron chi connectivity index (χ2n) is 8.84.